The Labute approximate surface area is 329 Å². The average molecular weight is 811 g/mol. The summed E-state index contributed by atoms with van der Waals surface area (Å²) < 4.78 is 0. The molecule has 0 radical (unpaired) electrons. The molecule has 53 heavy (non-hydrogen) atoms. The topological polar surface area (TPSA) is 47.6 Å². The third kappa shape index (κ3) is 8.88. The van der Waals surface area contributed by atoms with Crippen LogP contribution in [0.4, 0.5) is 0 Å². The summed E-state index contributed by atoms with van der Waals surface area (Å²) in [4.78, 5) is 0. The number of benzene rings is 8. The van der Waals surface area contributed by atoms with Crippen molar-refractivity contribution in [2.24, 2.45) is 0 Å². The van der Waals surface area contributed by atoms with Crippen LogP contribution in [0.25, 0.3) is 32.7 Å². The van der Waals surface area contributed by atoms with E-state index in [1.165, 1.54) is 78.3 Å². The van der Waals surface area contributed by atoms with E-state index in [4.69, 9.17) is 10.5 Å². The average Bonchev–Trinajstić information content (AvgIpc) is 3.20. The molecule has 5 heteroatoms. The van der Waals surface area contributed by atoms with E-state index in [1.54, 1.807) is 12.1 Å². The monoisotopic (exact) mass is 810 g/mol. The van der Waals surface area contributed by atoms with Gasteiger partial charge < -0.3 is 0 Å². The zero-order valence-electron chi connectivity index (χ0n) is 29.6. The zero-order valence-corrected chi connectivity index (χ0v) is 32.9. The largest absolute Gasteiger partial charge is 0.199 e. The fourth-order valence-electron chi connectivity index (χ4n) is 6.58. The van der Waals surface area contributed by atoms with Crippen molar-refractivity contribution in [3.05, 3.63) is 194 Å². The van der Waals surface area contributed by atoms with Gasteiger partial charge in [-0.2, -0.15) is 10.5 Å². The molecule has 0 amide bonds. The first-order valence-electron chi connectivity index (χ1n) is 17.2. The Kier molecular flexibility index (Phi) is 14.4. The molecule has 0 fully saturated rings. The first kappa shape index (κ1) is 39.0. The van der Waals surface area contributed by atoms with Gasteiger partial charge in [0.2, 0.25) is 0 Å². The maximum absolute atomic E-state index is 7.32. The van der Waals surface area contributed by atoms with Crippen LogP contribution in [0.1, 0.15) is 13.8 Å². The standard InChI is InChI=1S/C44H32P2.2C2H3N.Pd/c1-5-19-35(20-6-1)45(36-21-7-2-8-22-36)41-31-29-33-17-13-15-27-39(33)43(41)44-40-28-16-14-18-34(40)30-32-42(44)46(37-23-9-3-10-24-37)38-25-11-4-12-26-38;2*1-2-3;/h1-32H;2*1H3;. The van der Waals surface area contributed by atoms with Crippen molar-refractivity contribution < 1.29 is 20.4 Å². The second-order valence-corrected chi connectivity index (χ2v) is 16.2. The number of nitrogens with zero attached hydrogens (tertiary/aromatic N) is 2. The Bertz CT molecular complexity index is 2200. The summed E-state index contributed by atoms with van der Waals surface area (Å²) in [5.74, 6) is 0. The molecule has 0 aliphatic rings. The third-order valence-corrected chi connectivity index (χ3v) is 13.6. The van der Waals surface area contributed by atoms with Crippen LogP contribution in [0, 0.1) is 22.7 Å². The molecule has 0 aliphatic heterocycles. The van der Waals surface area contributed by atoms with Crippen LogP contribution in [-0.4, -0.2) is 0 Å². The van der Waals surface area contributed by atoms with Crippen LogP contribution in [-0.2, 0) is 20.4 Å². The molecule has 2 nitrogen and oxygen atoms in total. The fraction of sp³-hybridized carbons (Fsp3) is 0.0417. The Morgan fingerprint density at radius 2 is 0.585 bits per heavy atom. The van der Waals surface area contributed by atoms with Crippen molar-refractivity contribution in [3.63, 3.8) is 0 Å². The first-order valence-corrected chi connectivity index (χ1v) is 19.8. The van der Waals surface area contributed by atoms with E-state index in [2.05, 4.69) is 194 Å². The predicted octanol–water partition coefficient (Wildman–Crippen LogP) is 10.2. The molecule has 0 atom stereocenters. The number of fused-ring (bicyclic) bond motifs is 2. The van der Waals surface area contributed by atoms with Crippen molar-refractivity contribution in [3.8, 4) is 23.3 Å². The van der Waals surface area contributed by atoms with Gasteiger partial charge in [0.1, 0.15) is 0 Å². The minimum Gasteiger partial charge on any atom is -0.199 e. The van der Waals surface area contributed by atoms with Gasteiger partial charge in [0.25, 0.3) is 0 Å². The van der Waals surface area contributed by atoms with E-state index in [9.17, 15) is 0 Å². The Morgan fingerprint density at radius 3 is 0.868 bits per heavy atom. The molecule has 0 saturated heterocycles. The van der Waals surface area contributed by atoms with E-state index >= 15 is 0 Å². The van der Waals surface area contributed by atoms with Gasteiger partial charge in [0, 0.05) is 34.3 Å². The molecule has 0 saturated carbocycles. The van der Waals surface area contributed by atoms with Crippen molar-refractivity contribution in [1.82, 2.24) is 0 Å². The van der Waals surface area contributed by atoms with Crippen molar-refractivity contribution >= 4 is 69.2 Å². The van der Waals surface area contributed by atoms with Crippen molar-refractivity contribution in [2.45, 2.75) is 13.8 Å². The molecule has 0 spiro atoms. The van der Waals surface area contributed by atoms with E-state index in [-0.39, 0.29) is 20.4 Å². The van der Waals surface area contributed by atoms with Crippen LogP contribution in [0.3, 0.4) is 0 Å². The van der Waals surface area contributed by atoms with Crippen LogP contribution < -0.4 is 31.8 Å². The summed E-state index contributed by atoms with van der Waals surface area (Å²) in [6.45, 7) is 2.86. The maximum Gasteiger partial charge on any atom is 0.0587 e. The van der Waals surface area contributed by atoms with E-state index in [1.807, 2.05) is 0 Å². The summed E-state index contributed by atoms with van der Waals surface area (Å²) in [6, 6.07) is 75.3. The van der Waals surface area contributed by atoms with Gasteiger partial charge >= 0.3 is 0 Å². The molecule has 0 heterocycles. The SMILES string of the molecule is CC#N.CC#N.[Pd].c1ccc(P(c2ccccc2)c2ccc3ccccc3c2-c2c(P(c3ccccc3)c3ccccc3)ccc3ccccc23)cc1. The number of hydrogen-bond donors (Lipinski definition) is 0. The zero-order chi connectivity index (χ0) is 36.1. The number of rotatable bonds is 7. The van der Waals surface area contributed by atoms with Crippen LogP contribution in [0.15, 0.2) is 194 Å². The Hall–Kier alpha value is -5.22. The summed E-state index contributed by atoms with van der Waals surface area (Å²) in [6.07, 6.45) is 0. The Balaban J connectivity index is 0.000000727. The van der Waals surface area contributed by atoms with Crippen LogP contribution >= 0.6 is 15.8 Å². The van der Waals surface area contributed by atoms with Gasteiger partial charge in [-0.3, -0.25) is 0 Å². The summed E-state index contributed by atoms with van der Waals surface area (Å²) in [5, 5.41) is 28.0. The molecular weight excluding hydrogens is 773 g/mol. The van der Waals surface area contributed by atoms with Crippen molar-refractivity contribution in [1.29, 1.82) is 10.5 Å². The molecule has 8 aromatic carbocycles. The molecule has 0 aliphatic carbocycles. The maximum atomic E-state index is 7.32. The second-order valence-electron chi connectivity index (χ2n) is 11.8. The minimum absolute atomic E-state index is 0. The second kappa shape index (κ2) is 19.6. The normalized spacial score (nSPS) is 10.2. The molecule has 0 aromatic heterocycles. The van der Waals surface area contributed by atoms with Gasteiger partial charge in [-0.05, 0) is 80.3 Å². The molecule has 0 N–H and O–H groups in total. The molecule has 0 unspecified atom stereocenters. The fourth-order valence-corrected chi connectivity index (χ4v) is 11.5. The van der Waals surface area contributed by atoms with Gasteiger partial charge in [-0.1, -0.05) is 194 Å². The van der Waals surface area contributed by atoms with E-state index < -0.39 is 15.8 Å². The van der Waals surface area contributed by atoms with Crippen molar-refractivity contribution in [2.75, 3.05) is 0 Å². The van der Waals surface area contributed by atoms with E-state index in [0.717, 1.165) is 0 Å². The van der Waals surface area contributed by atoms with E-state index in [0.29, 0.717) is 0 Å². The predicted molar refractivity (Wildman–Crippen MR) is 227 cm³/mol. The van der Waals surface area contributed by atoms with Gasteiger partial charge in [0.05, 0.1) is 12.1 Å². The molecule has 8 rings (SSSR count). The molecule has 8 aromatic rings. The third-order valence-electron chi connectivity index (χ3n) is 8.60. The van der Waals surface area contributed by atoms with Gasteiger partial charge in [0.15, 0.2) is 0 Å². The quantitative estimate of drug-likeness (QED) is 0.119. The van der Waals surface area contributed by atoms with Gasteiger partial charge in [-0.25, -0.2) is 0 Å². The summed E-state index contributed by atoms with van der Waals surface area (Å²) >= 11 is 0. The number of nitriles is 2. The van der Waals surface area contributed by atoms with Crippen LogP contribution in [0.5, 0.6) is 0 Å². The summed E-state index contributed by atoms with van der Waals surface area (Å²) in [7, 11) is -1.70. The molecular formula is C48H38N2P2Pd. The van der Waals surface area contributed by atoms with Gasteiger partial charge in [-0.15, -0.1) is 0 Å². The first-order chi connectivity index (χ1) is 25.7. The molecule has 0 bridgehead atoms. The smallest absolute Gasteiger partial charge is 0.0587 e. The van der Waals surface area contributed by atoms with Crippen LogP contribution in [0.2, 0.25) is 0 Å². The minimum atomic E-state index is -0.852. The number of hydrogen-bond acceptors (Lipinski definition) is 2. The summed E-state index contributed by atoms with van der Waals surface area (Å²) in [5.41, 5.74) is 2.70. The Morgan fingerprint density at radius 1 is 0.340 bits per heavy atom. The molecule has 260 valence electrons.